The second-order valence-electron chi connectivity index (χ2n) is 4.68. The largest absolute Gasteiger partial charge is 0.381 e. The monoisotopic (exact) mass is 272 g/mol. The fraction of sp³-hybridized carbons (Fsp3) is 0.538. The van der Waals surface area contributed by atoms with Gasteiger partial charge >= 0.3 is 0 Å². The van der Waals surface area contributed by atoms with Crippen molar-refractivity contribution < 1.29 is 0 Å². The number of rotatable bonds is 2. The van der Waals surface area contributed by atoms with Crippen LogP contribution in [0.1, 0.15) is 19.3 Å². The van der Waals surface area contributed by atoms with Crippen LogP contribution >= 0.6 is 23.2 Å². The highest BCUT2D eigenvalue weighted by molar-refractivity contribution is 6.43. The molecule has 1 heterocycles. The summed E-state index contributed by atoms with van der Waals surface area (Å²) >= 11 is 12.2. The molecular formula is C13H18Cl2N2. The lowest BCUT2D eigenvalue weighted by atomic mass is 10.1. The fourth-order valence-corrected chi connectivity index (χ4v) is 2.57. The number of nitrogens with zero attached hydrogens (tertiary/aromatic N) is 1. The molecule has 2 rings (SSSR count). The number of hydrogen-bond acceptors (Lipinski definition) is 2. The van der Waals surface area contributed by atoms with Gasteiger partial charge in [-0.05, 0) is 51.5 Å². The van der Waals surface area contributed by atoms with Gasteiger partial charge in [-0.15, -0.1) is 0 Å². The van der Waals surface area contributed by atoms with Gasteiger partial charge in [0, 0.05) is 6.04 Å². The molecule has 1 unspecified atom stereocenters. The quantitative estimate of drug-likeness (QED) is 0.879. The number of benzene rings is 1. The minimum Gasteiger partial charge on any atom is -0.381 e. The third kappa shape index (κ3) is 3.51. The zero-order valence-corrected chi connectivity index (χ0v) is 11.6. The van der Waals surface area contributed by atoms with Gasteiger partial charge in [0.1, 0.15) is 0 Å². The second kappa shape index (κ2) is 5.94. The summed E-state index contributed by atoms with van der Waals surface area (Å²) in [5.74, 6) is 0. The van der Waals surface area contributed by atoms with Crippen molar-refractivity contribution >= 4 is 28.9 Å². The van der Waals surface area contributed by atoms with Crippen LogP contribution in [0.15, 0.2) is 18.2 Å². The Balaban J connectivity index is 2.02. The Hall–Kier alpha value is -0.440. The van der Waals surface area contributed by atoms with Crippen molar-refractivity contribution in [2.45, 2.75) is 25.3 Å². The molecule has 4 heteroatoms. The smallest absolute Gasteiger partial charge is 0.0823 e. The van der Waals surface area contributed by atoms with Crippen LogP contribution in [-0.2, 0) is 0 Å². The van der Waals surface area contributed by atoms with Gasteiger partial charge in [-0.2, -0.15) is 0 Å². The molecule has 0 bridgehead atoms. The summed E-state index contributed by atoms with van der Waals surface area (Å²) in [6.07, 6.45) is 3.57. The lowest BCUT2D eigenvalue weighted by molar-refractivity contribution is 0.348. The van der Waals surface area contributed by atoms with E-state index in [0.29, 0.717) is 16.1 Å². The summed E-state index contributed by atoms with van der Waals surface area (Å²) in [4.78, 5) is 2.38. The lowest BCUT2D eigenvalue weighted by Gasteiger charge is -2.19. The van der Waals surface area contributed by atoms with E-state index < -0.39 is 0 Å². The molecule has 1 saturated heterocycles. The van der Waals surface area contributed by atoms with E-state index >= 15 is 0 Å². The van der Waals surface area contributed by atoms with Gasteiger partial charge in [-0.25, -0.2) is 0 Å². The van der Waals surface area contributed by atoms with E-state index in [-0.39, 0.29) is 0 Å². The Morgan fingerprint density at radius 3 is 2.88 bits per heavy atom. The highest BCUT2D eigenvalue weighted by Gasteiger charge is 2.15. The standard InChI is InChI=1S/C13H18Cl2N2/c1-17-8-3-4-10(7-9-17)16-12-6-2-5-11(14)13(12)15/h2,5-6,10,16H,3-4,7-9H2,1H3. The maximum absolute atomic E-state index is 6.18. The van der Waals surface area contributed by atoms with Crippen LogP contribution in [0.3, 0.4) is 0 Å². The van der Waals surface area contributed by atoms with E-state index in [9.17, 15) is 0 Å². The van der Waals surface area contributed by atoms with E-state index in [1.165, 1.54) is 19.4 Å². The molecule has 1 atom stereocenters. The van der Waals surface area contributed by atoms with E-state index in [2.05, 4.69) is 17.3 Å². The first-order valence-electron chi connectivity index (χ1n) is 6.06. The highest BCUT2D eigenvalue weighted by atomic mass is 35.5. The van der Waals surface area contributed by atoms with Gasteiger partial charge in [0.25, 0.3) is 0 Å². The van der Waals surface area contributed by atoms with Crippen molar-refractivity contribution in [2.24, 2.45) is 0 Å². The molecule has 0 saturated carbocycles. The first kappa shape index (κ1) is 13.0. The summed E-state index contributed by atoms with van der Waals surface area (Å²) in [5.41, 5.74) is 0.953. The zero-order chi connectivity index (χ0) is 12.3. The Kier molecular flexibility index (Phi) is 4.55. The first-order valence-corrected chi connectivity index (χ1v) is 6.81. The fourth-order valence-electron chi connectivity index (χ4n) is 2.22. The van der Waals surface area contributed by atoms with Gasteiger partial charge in [0.2, 0.25) is 0 Å². The minimum absolute atomic E-state index is 0.496. The Morgan fingerprint density at radius 1 is 1.24 bits per heavy atom. The summed E-state index contributed by atoms with van der Waals surface area (Å²) in [5, 5.41) is 4.75. The summed E-state index contributed by atoms with van der Waals surface area (Å²) in [7, 11) is 2.18. The maximum atomic E-state index is 6.18. The van der Waals surface area contributed by atoms with Crippen molar-refractivity contribution in [3.63, 3.8) is 0 Å². The van der Waals surface area contributed by atoms with Gasteiger partial charge in [0.05, 0.1) is 15.7 Å². The number of anilines is 1. The van der Waals surface area contributed by atoms with Crippen LogP contribution in [0.4, 0.5) is 5.69 Å². The van der Waals surface area contributed by atoms with Gasteiger partial charge in [-0.3, -0.25) is 0 Å². The van der Waals surface area contributed by atoms with Crippen molar-refractivity contribution in [1.29, 1.82) is 0 Å². The van der Waals surface area contributed by atoms with Gasteiger partial charge in [-0.1, -0.05) is 29.3 Å². The van der Waals surface area contributed by atoms with Crippen LogP contribution in [0, 0.1) is 0 Å². The lowest BCUT2D eigenvalue weighted by Crippen LogP contribution is -2.23. The normalized spacial score (nSPS) is 22.2. The van der Waals surface area contributed by atoms with Gasteiger partial charge in [0.15, 0.2) is 0 Å². The average Bonchev–Trinajstić information content (AvgIpc) is 2.50. The maximum Gasteiger partial charge on any atom is 0.0823 e. The molecule has 2 nitrogen and oxygen atoms in total. The molecular weight excluding hydrogens is 255 g/mol. The van der Waals surface area contributed by atoms with Crippen molar-refractivity contribution in [2.75, 3.05) is 25.5 Å². The van der Waals surface area contributed by atoms with Crippen LogP contribution in [0.5, 0.6) is 0 Å². The minimum atomic E-state index is 0.496. The van der Waals surface area contributed by atoms with Crippen LogP contribution in [0.25, 0.3) is 0 Å². The van der Waals surface area contributed by atoms with E-state index in [4.69, 9.17) is 23.2 Å². The third-order valence-electron chi connectivity index (χ3n) is 3.26. The number of nitrogens with one attached hydrogen (secondary N) is 1. The molecule has 1 aliphatic heterocycles. The molecule has 1 N–H and O–H groups in total. The SMILES string of the molecule is CN1CCCC(Nc2cccc(Cl)c2Cl)CC1. The van der Waals surface area contributed by atoms with E-state index in [1.807, 2.05) is 18.2 Å². The third-order valence-corrected chi connectivity index (χ3v) is 4.08. The van der Waals surface area contributed by atoms with Crippen LogP contribution in [-0.4, -0.2) is 31.1 Å². The molecule has 0 aliphatic carbocycles. The molecule has 94 valence electrons. The number of likely N-dealkylation sites (tertiary alicyclic amines) is 1. The highest BCUT2D eigenvalue weighted by Crippen LogP contribution is 2.30. The summed E-state index contributed by atoms with van der Waals surface area (Å²) < 4.78 is 0. The number of halogens is 2. The predicted octanol–water partition coefficient (Wildman–Crippen LogP) is 3.89. The first-order chi connectivity index (χ1) is 8.16. The Morgan fingerprint density at radius 2 is 2.06 bits per heavy atom. The van der Waals surface area contributed by atoms with Crippen molar-refractivity contribution in [3.8, 4) is 0 Å². The summed E-state index contributed by atoms with van der Waals surface area (Å²) in [6, 6.07) is 6.23. The van der Waals surface area contributed by atoms with E-state index in [0.717, 1.165) is 18.7 Å². The van der Waals surface area contributed by atoms with Crippen LogP contribution in [0.2, 0.25) is 10.0 Å². The molecule has 0 spiro atoms. The summed E-state index contributed by atoms with van der Waals surface area (Å²) in [6.45, 7) is 2.32. The predicted molar refractivity (Wildman–Crippen MR) is 75.2 cm³/mol. The molecule has 1 aliphatic rings. The van der Waals surface area contributed by atoms with Crippen LogP contribution < -0.4 is 5.32 Å². The Labute approximate surface area is 113 Å². The molecule has 1 fully saturated rings. The molecule has 0 aromatic heterocycles. The molecule has 0 amide bonds. The molecule has 1 aromatic rings. The Bertz CT molecular complexity index is 382. The molecule has 1 aromatic carbocycles. The zero-order valence-electron chi connectivity index (χ0n) is 10.0. The molecule has 0 radical (unpaired) electrons. The van der Waals surface area contributed by atoms with Crippen molar-refractivity contribution in [3.05, 3.63) is 28.2 Å². The molecule has 17 heavy (non-hydrogen) atoms. The topological polar surface area (TPSA) is 15.3 Å². The second-order valence-corrected chi connectivity index (χ2v) is 5.46. The van der Waals surface area contributed by atoms with E-state index in [1.54, 1.807) is 0 Å². The number of hydrogen-bond donors (Lipinski definition) is 1. The average molecular weight is 273 g/mol. The van der Waals surface area contributed by atoms with Crippen molar-refractivity contribution in [1.82, 2.24) is 4.90 Å². The van der Waals surface area contributed by atoms with Gasteiger partial charge < -0.3 is 10.2 Å².